The molecule has 0 amide bonds. The highest BCUT2D eigenvalue weighted by atomic mass is 127. The number of para-hydroxylation sites is 1. The molecular formula is C15H11F2IO. The van der Waals surface area contributed by atoms with Gasteiger partial charge in [0.15, 0.2) is 0 Å². The molecule has 0 bridgehead atoms. The van der Waals surface area contributed by atoms with E-state index in [0.29, 0.717) is 11.1 Å². The van der Waals surface area contributed by atoms with Crippen LogP contribution in [-0.4, -0.2) is 6.61 Å². The maximum atomic E-state index is 13.1. The number of benzene rings is 2. The van der Waals surface area contributed by atoms with Gasteiger partial charge >= 0.3 is 0 Å². The summed E-state index contributed by atoms with van der Waals surface area (Å²) in [7, 11) is 0. The van der Waals surface area contributed by atoms with Crippen molar-refractivity contribution in [2.24, 2.45) is 0 Å². The van der Waals surface area contributed by atoms with Crippen molar-refractivity contribution in [2.75, 3.05) is 6.61 Å². The number of hydrogen-bond acceptors (Lipinski definition) is 1. The molecule has 0 aliphatic rings. The molecule has 4 heteroatoms. The van der Waals surface area contributed by atoms with E-state index in [1.54, 1.807) is 0 Å². The zero-order valence-corrected chi connectivity index (χ0v) is 12.2. The van der Waals surface area contributed by atoms with E-state index in [-0.39, 0.29) is 6.61 Å². The fourth-order valence-electron chi connectivity index (χ4n) is 1.57. The van der Waals surface area contributed by atoms with Crippen LogP contribution < -0.4 is 4.74 Å². The molecule has 0 aliphatic heterocycles. The van der Waals surface area contributed by atoms with Gasteiger partial charge in [0.05, 0.1) is 3.57 Å². The Kier molecular flexibility index (Phi) is 4.52. The monoisotopic (exact) mass is 372 g/mol. The van der Waals surface area contributed by atoms with Crippen molar-refractivity contribution in [3.63, 3.8) is 0 Å². The van der Waals surface area contributed by atoms with Crippen LogP contribution in [0.5, 0.6) is 5.75 Å². The van der Waals surface area contributed by atoms with E-state index >= 15 is 0 Å². The minimum atomic E-state index is -0.620. The Morgan fingerprint density at radius 1 is 1.11 bits per heavy atom. The predicted molar refractivity (Wildman–Crippen MR) is 80.0 cm³/mol. The molecule has 2 aromatic carbocycles. The third-order valence-electron chi connectivity index (χ3n) is 2.51. The van der Waals surface area contributed by atoms with Crippen LogP contribution in [0.3, 0.4) is 0 Å². The molecule has 0 heterocycles. The molecule has 0 aromatic heterocycles. The second-order valence-corrected chi connectivity index (χ2v) is 5.14. The van der Waals surface area contributed by atoms with Crippen molar-refractivity contribution in [2.45, 2.75) is 0 Å². The van der Waals surface area contributed by atoms with Crippen LogP contribution >= 0.6 is 22.6 Å². The molecule has 0 N–H and O–H groups in total. The Labute approximate surface area is 124 Å². The molecule has 0 saturated carbocycles. The van der Waals surface area contributed by atoms with Crippen molar-refractivity contribution in [1.29, 1.82) is 0 Å². The second-order valence-electron chi connectivity index (χ2n) is 3.98. The van der Waals surface area contributed by atoms with E-state index in [1.165, 1.54) is 12.1 Å². The third kappa shape index (κ3) is 3.76. The molecule has 0 aliphatic carbocycles. The van der Waals surface area contributed by atoms with Gasteiger partial charge in [0.1, 0.15) is 24.0 Å². The zero-order valence-electron chi connectivity index (χ0n) is 10.00. The van der Waals surface area contributed by atoms with Crippen molar-refractivity contribution < 1.29 is 13.5 Å². The van der Waals surface area contributed by atoms with E-state index in [1.807, 2.05) is 24.3 Å². The molecule has 2 rings (SSSR count). The number of rotatable bonds is 4. The predicted octanol–water partition coefficient (Wildman–Crippen LogP) is 4.66. The van der Waals surface area contributed by atoms with Crippen LogP contribution in [-0.2, 0) is 0 Å². The minimum Gasteiger partial charge on any atom is -0.488 e. The Morgan fingerprint density at radius 3 is 2.37 bits per heavy atom. The number of ether oxygens (including phenoxy) is 1. The zero-order chi connectivity index (χ0) is 13.8. The van der Waals surface area contributed by atoms with Crippen LogP contribution in [0.2, 0.25) is 0 Å². The summed E-state index contributed by atoms with van der Waals surface area (Å²) in [5, 5.41) is 0. The minimum absolute atomic E-state index is 0.183. The number of hydrogen-bond donors (Lipinski definition) is 0. The Balaban J connectivity index is 2.08. The summed E-state index contributed by atoms with van der Waals surface area (Å²) in [6.45, 7) is 3.97. The molecule has 0 atom stereocenters. The van der Waals surface area contributed by atoms with Crippen LogP contribution in [0.15, 0.2) is 49.0 Å². The van der Waals surface area contributed by atoms with E-state index in [2.05, 4.69) is 29.2 Å². The summed E-state index contributed by atoms with van der Waals surface area (Å²) >= 11 is 2.16. The van der Waals surface area contributed by atoms with Gasteiger partial charge in [-0.05, 0) is 58.0 Å². The Bertz CT molecular complexity index is 591. The molecule has 2 aromatic rings. The second kappa shape index (κ2) is 6.14. The lowest BCUT2D eigenvalue weighted by atomic mass is 10.1. The third-order valence-corrected chi connectivity index (χ3v) is 3.40. The highest BCUT2D eigenvalue weighted by Gasteiger charge is 2.06. The normalized spacial score (nSPS) is 10.3. The van der Waals surface area contributed by atoms with Gasteiger partial charge < -0.3 is 4.74 Å². The first-order chi connectivity index (χ1) is 9.06. The van der Waals surface area contributed by atoms with Crippen LogP contribution in [0.1, 0.15) is 5.56 Å². The lowest BCUT2D eigenvalue weighted by molar-refractivity contribution is 0.367. The molecular weight excluding hydrogens is 361 g/mol. The van der Waals surface area contributed by atoms with E-state index in [9.17, 15) is 8.78 Å². The van der Waals surface area contributed by atoms with Gasteiger partial charge in [-0.1, -0.05) is 18.7 Å². The fraction of sp³-hybridized carbons (Fsp3) is 0.0667. The topological polar surface area (TPSA) is 9.23 Å². The maximum absolute atomic E-state index is 13.1. The summed E-state index contributed by atoms with van der Waals surface area (Å²) in [6.07, 6.45) is 0. The molecule has 0 spiro atoms. The highest BCUT2D eigenvalue weighted by molar-refractivity contribution is 14.1. The van der Waals surface area contributed by atoms with Gasteiger partial charge in [-0.25, -0.2) is 8.78 Å². The quantitative estimate of drug-likeness (QED) is 0.710. The molecule has 0 saturated heterocycles. The average molecular weight is 372 g/mol. The smallest absolute Gasteiger partial charge is 0.133 e. The van der Waals surface area contributed by atoms with Gasteiger partial charge in [-0.3, -0.25) is 0 Å². The van der Waals surface area contributed by atoms with Gasteiger partial charge in [-0.15, -0.1) is 0 Å². The fourth-order valence-corrected chi connectivity index (χ4v) is 2.11. The summed E-state index contributed by atoms with van der Waals surface area (Å²) in [4.78, 5) is 0. The van der Waals surface area contributed by atoms with Gasteiger partial charge in [0.25, 0.3) is 0 Å². The SMILES string of the molecule is C=C(COc1ccccc1I)c1cc(F)cc(F)c1. The first-order valence-electron chi connectivity index (χ1n) is 5.58. The van der Waals surface area contributed by atoms with Crippen LogP contribution in [0.25, 0.3) is 5.57 Å². The van der Waals surface area contributed by atoms with E-state index < -0.39 is 11.6 Å². The standard InChI is InChI=1S/C15H11F2IO/c1-10(11-6-12(16)8-13(17)7-11)9-19-15-5-3-2-4-14(15)18/h2-8H,1,9H2. The van der Waals surface area contributed by atoms with Crippen LogP contribution in [0, 0.1) is 15.2 Å². The highest BCUT2D eigenvalue weighted by Crippen LogP contribution is 2.22. The summed E-state index contributed by atoms with van der Waals surface area (Å²) in [5.41, 5.74) is 0.932. The van der Waals surface area contributed by atoms with Gasteiger partial charge in [0.2, 0.25) is 0 Å². The van der Waals surface area contributed by atoms with E-state index in [0.717, 1.165) is 15.4 Å². The lowest BCUT2D eigenvalue weighted by Crippen LogP contribution is -2.01. The number of halogens is 3. The van der Waals surface area contributed by atoms with E-state index in [4.69, 9.17) is 4.74 Å². The van der Waals surface area contributed by atoms with Crippen molar-refractivity contribution in [3.8, 4) is 5.75 Å². The first kappa shape index (κ1) is 14.0. The maximum Gasteiger partial charge on any atom is 0.133 e. The van der Waals surface area contributed by atoms with Crippen molar-refractivity contribution >= 4 is 28.2 Å². The molecule has 1 nitrogen and oxygen atoms in total. The van der Waals surface area contributed by atoms with Gasteiger partial charge in [0, 0.05) is 6.07 Å². The molecule has 98 valence electrons. The Morgan fingerprint density at radius 2 is 1.74 bits per heavy atom. The molecule has 0 unspecified atom stereocenters. The summed E-state index contributed by atoms with van der Waals surface area (Å²) in [6, 6.07) is 10.8. The molecule has 0 fully saturated rings. The molecule has 0 radical (unpaired) electrons. The van der Waals surface area contributed by atoms with Crippen molar-refractivity contribution in [1.82, 2.24) is 0 Å². The summed E-state index contributed by atoms with van der Waals surface area (Å²) < 4.78 is 32.7. The summed E-state index contributed by atoms with van der Waals surface area (Å²) in [5.74, 6) is -0.517. The van der Waals surface area contributed by atoms with Crippen LogP contribution in [0.4, 0.5) is 8.78 Å². The van der Waals surface area contributed by atoms with Crippen molar-refractivity contribution in [3.05, 3.63) is 69.8 Å². The lowest BCUT2D eigenvalue weighted by Gasteiger charge is -2.10. The first-order valence-corrected chi connectivity index (χ1v) is 6.66. The Hall–Kier alpha value is -1.43. The van der Waals surface area contributed by atoms with Gasteiger partial charge in [-0.2, -0.15) is 0 Å². The average Bonchev–Trinajstić information content (AvgIpc) is 2.36. The largest absolute Gasteiger partial charge is 0.488 e. The molecule has 19 heavy (non-hydrogen) atoms.